The molecule has 1 aromatic heterocycles. The van der Waals surface area contributed by atoms with E-state index in [1.807, 2.05) is 0 Å². The van der Waals surface area contributed by atoms with Gasteiger partial charge in [-0.3, -0.25) is 4.79 Å². The summed E-state index contributed by atoms with van der Waals surface area (Å²) in [6, 6.07) is 4.72. The van der Waals surface area contributed by atoms with Gasteiger partial charge in [-0.25, -0.2) is 9.37 Å². The number of nitrogens with two attached hydrogens (primary N) is 1. The van der Waals surface area contributed by atoms with Gasteiger partial charge in [0.15, 0.2) is 5.13 Å². The van der Waals surface area contributed by atoms with E-state index >= 15 is 0 Å². The van der Waals surface area contributed by atoms with E-state index in [0.29, 0.717) is 12.3 Å². The van der Waals surface area contributed by atoms with Crippen molar-refractivity contribution in [3.05, 3.63) is 24.0 Å². The summed E-state index contributed by atoms with van der Waals surface area (Å²) < 4.78 is 14.2. The Labute approximate surface area is 132 Å². The Balaban J connectivity index is 1.53. The molecule has 1 aliphatic carbocycles. The Hall–Kier alpha value is -1.69. The Kier molecular flexibility index (Phi) is 3.11. The van der Waals surface area contributed by atoms with Crippen molar-refractivity contribution in [3.63, 3.8) is 0 Å². The summed E-state index contributed by atoms with van der Waals surface area (Å²) in [6.45, 7) is 1.88. The number of anilines is 1. The number of aromatic nitrogens is 1. The van der Waals surface area contributed by atoms with Gasteiger partial charge in [0.2, 0.25) is 5.91 Å². The molecule has 1 aliphatic heterocycles. The van der Waals surface area contributed by atoms with Crippen molar-refractivity contribution in [2.45, 2.75) is 25.7 Å². The van der Waals surface area contributed by atoms with E-state index in [-0.39, 0.29) is 17.1 Å². The van der Waals surface area contributed by atoms with Crippen LogP contribution in [0, 0.1) is 17.2 Å². The first-order valence-electron chi connectivity index (χ1n) is 7.65. The maximum absolute atomic E-state index is 13.3. The van der Waals surface area contributed by atoms with Crippen LogP contribution in [-0.2, 0) is 4.79 Å². The molecular formula is C16H18FN3OS. The van der Waals surface area contributed by atoms with Crippen molar-refractivity contribution >= 4 is 32.6 Å². The number of primary amides is 1. The summed E-state index contributed by atoms with van der Waals surface area (Å²) in [5.41, 5.74) is 6.39. The minimum absolute atomic E-state index is 0.142. The summed E-state index contributed by atoms with van der Waals surface area (Å²) in [7, 11) is 0. The van der Waals surface area contributed by atoms with Gasteiger partial charge in [-0.05, 0) is 48.8 Å². The molecule has 1 amide bonds. The van der Waals surface area contributed by atoms with Gasteiger partial charge in [-0.15, -0.1) is 0 Å². The quantitative estimate of drug-likeness (QED) is 0.942. The van der Waals surface area contributed by atoms with Crippen molar-refractivity contribution in [1.82, 2.24) is 4.98 Å². The molecule has 2 aliphatic rings. The molecule has 1 saturated carbocycles. The fraction of sp³-hybridized carbons (Fsp3) is 0.500. The van der Waals surface area contributed by atoms with Crippen LogP contribution in [0.2, 0.25) is 0 Å². The summed E-state index contributed by atoms with van der Waals surface area (Å²) >= 11 is 1.54. The second-order valence-electron chi connectivity index (χ2n) is 6.55. The van der Waals surface area contributed by atoms with Crippen LogP contribution in [0.1, 0.15) is 25.7 Å². The van der Waals surface area contributed by atoms with Crippen LogP contribution < -0.4 is 10.6 Å². The number of halogens is 1. The molecule has 1 aromatic carbocycles. The first-order valence-corrected chi connectivity index (χ1v) is 8.47. The summed E-state index contributed by atoms with van der Waals surface area (Å²) in [5, 5.41) is 0.956. The molecule has 4 rings (SSSR count). The number of carbonyl (C=O) groups excluding carboxylic acids is 1. The molecule has 2 aromatic rings. The molecule has 2 N–H and O–H groups in total. The smallest absolute Gasteiger partial charge is 0.217 e. The number of hydrogen-bond acceptors (Lipinski definition) is 4. The van der Waals surface area contributed by atoms with E-state index in [0.717, 1.165) is 47.7 Å². The van der Waals surface area contributed by atoms with Crippen molar-refractivity contribution in [1.29, 1.82) is 0 Å². The lowest BCUT2D eigenvalue weighted by molar-refractivity contribution is -0.119. The van der Waals surface area contributed by atoms with Crippen molar-refractivity contribution < 1.29 is 9.18 Å². The topological polar surface area (TPSA) is 59.2 Å². The predicted molar refractivity (Wildman–Crippen MR) is 85.4 cm³/mol. The van der Waals surface area contributed by atoms with Crippen LogP contribution in [0.25, 0.3) is 10.2 Å². The maximum atomic E-state index is 13.3. The van der Waals surface area contributed by atoms with Crippen LogP contribution in [0.3, 0.4) is 0 Å². The van der Waals surface area contributed by atoms with E-state index in [4.69, 9.17) is 5.73 Å². The third-order valence-electron chi connectivity index (χ3n) is 5.08. The SMILES string of the molecule is NC(=O)CC1([C@H]2CCN(c3nc4ccc(F)cc4s3)C2)CC1. The van der Waals surface area contributed by atoms with Crippen LogP contribution in [0.5, 0.6) is 0 Å². The number of rotatable bonds is 4. The minimum Gasteiger partial charge on any atom is -0.370 e. The highest BCUT2D eigenvalue weighted by Crippen LogP contribution is 2.57. The largest absolute Gasteiger partial charge is 0.370 e. The molecule has 0 spiro atoms. The number of amides is 1. The lowest BCUT2D eigenvalue weighted by atomic mass is 9.85. The van der Waals surface area contributed by atoms with Gasteiger partial charge in [0.05, 0.1) is 10.2 Å². The molecule has 4 nitrogen and oxygen atoms in total. The highest BCUT2D eigenvalue weighted by Gasteiger charge is 2.52. The third kappa shape index (κ3) is 2.35. The summed E-state index contributed by atoms with van der Waals surface area (Å²) in [5.74, 6) is 0.107. The van der Waals surface area contributed by atoms with Gasteiger partial charge in [0.25, 0.3) is 0 Å². The maximum Gasteiger partial charge on any atom is 0.217 e. The third-order valence-corrected chi connectivity index (χ3v) is 6.16. The Morgan fingerprint density at radius 1 is 1.50 bits per heavy atom. The van der Waals surface area contributed by atoms with E-state index in [9.17, 15) is 9.18 Å². The van der Waals surface area contributed by atoms with Crippen LogP contribution >= 0.6 is 11.3 Å². The average molecular weight is 319 g/mol. The zero-order valence-corrected chi connectivity index (χ0v) is 13.0. The van der Waals surface area contributed by atoms with E-state index < -0.39 is 0 Å². The number of thiazole rings is 1. The normalized spacial score (nSPS) is 23.1. The molecule has 116 valence electrons. The number of fused-ring (bicyclic) bond motifs is 1. The zero-order valence-electron chi connectivity index (χ0n) is 12.2. The lowest BCUT2D eigenvalue weighted by Gasteiger charge is -2.22. The van der Waals surface area contributed by atoms with Gasteiger partial charge in [-0.1, -0.05) is 11.3 Å². The molecular weight excluding hydrogens is 301 g/mol. The molecule has 1 saturated heterocycles. The highest BCUT2D eigenvalue weighted by molar-refractivity contribution is 7.22. The number of benzene rings is 1. The van der Waals surface area contributed by atoms with Crippen molar-refractivity contribution in [2.24, 2.45) is 17.1 Å². The summed E-state index contributed by atoms with van der Waals surface area (Å²) in [4.78, 5) is 18.2. The second kappa shape index (κ2) is 4.91. The molecule has 0 unspecified atom stereocenters. The zero-order chi connectivity index (χ0) is 15.3. The molecule has 6 heteroatoms. The van der Waals surface area contributed by atoms with Crippen molar-refractivity contribution in [3.8, 4) is 0 Å². The lowest BCUT2D eigenvalue weighted by Crippen LogP contribution is -2.27. The Morgan fingerprint density at radius 2 is 2.32 bits per heavy atom. The minimum atomic E-state index is -0.222. The standard InChI is InChI=1S/C16H18FN3OS/c17-11-1-2-12-13(7-11)22-15(19-12)20-6-3-10(9-20)16(4-5-16)8-14(18)21/h1-2,7,10H,3-6,8-9H2,(H2,18,21)/t10-/m0/s1. The molecule has 2 fully saturated rings. The number of nitrogens with zero attached hydrogens (tertiary/aromatic N) is 2. The molecule has 0 radical (unpaired) electrons. The van der Waals surface area contributed by atoms with Gasteiger partial charge >= 0.3 is 0 Å². The van der Waals surface area contributed by atoms with Gasteiger partial charge in [0, 0.05) is 19.5 Å². The number of carbonyl (C=O) groups is 1. The first kappa shape index (κ1) is 13.9. The summed E-state index contributed by atoms with van der Waals surface area (Å²) in [6.07, 6.45) is 3.81. The highest BCUT2D eigenvalue weighted by atomic mass is 32.1. The first-order chi connectivity index (χ1) is 10.6. The molecule has 0 bridgehead atoms. The second-order valence-corrected chi connectivity index (χ2v) is 7.55. The van der Waals surface area contributed by atoms with Crippen LogP contribution in [0.4, 0.5) is 9.52 Å². The van der Waals surface area contributed by atoms with Gasteiger partial charge < -0.3 is 10.6 Å². The Bertz CT molecular complexity index is 740. The van der Waals surface area contributed by atoms with Crippen LogP contribution in [-0.4, -0.2) is 24.0 Å². The fourth-order valence-electron chi connectivity index (χ4n) is 3.69. The fourth-order valence-corrected chi connectivity index (χ4v) is 4.72. The molecule has 22 heavy (non-hydrogen) atoms. The average Bonchev–Trinajstić information content (AvgIpc) is 2.91. The molecule has 2 heterocycles. The van der Waals surface area contributed by atoms with E-state index in [1.165, 1.54) is 17.4 Å². The van der Waals surface area contributed by atoms with Crippen LogP contribution in [0.15, 0.2) is 18.2 Å². The number of hydrogen-bond donors (Lipinski definition) is 1. The van der Waals surface area contributed by atoms with Crippen molar-refractivity contribution in [2.75, 3.05) is 18.0 Å². The van der Waals surface area contributed by atoms with E-state index in [2.05, 4.69) is 9.88 Å². The van der Waals surface area contributed by atoms with Gasteiger partial charge in [0.1, 0.15) is 5.82 Å². The molecule has 1 atom stereocenters. The van der Waals surface area contributed by atoms with Gasteiger partial charge in [-0.2, -0.15) is 0 Å². The van der Waals surface area contributed by atoms with E-state index in [1.54, 1.807) is 12.1 Å². The Morgan fingerprint density at radius 3 is 3.05 bits per heavy atom. The predicted octanol–water partition coefficient (Wildman–Crippen LogP) is 2.92. The monoisotopic (exact) mass is 319 g/mol.